The summed E-state index contributed by atoms with van der Waals surface area (Å²) in [5.74, 6) is 0.855. The van der Waals surface area contributed by atoms with Crippen molar-refractivity contribution in [3.8, 4) is 0 Å². The van der Waals surface area contributed by atoms with Gasteiger partial charge in [-0.15, -0.1) is 0 Å². The van der Waals surface area contributed by atoms with Gasteiger partial charge in [0, 0.05) is 57.6 Å². The molecule has 2 fully saturated rings. The van der Waals surface area contributed by atoms with Gasteiger partial charge in [-0.25, -0.2) is 0 Å². The van der Waals surface area contributed by atoms with Gasteiger partial charge in [-0.3, -0.25) is 19.3 Å². The van der Waals surface area contributed by atoms with Crippen molar-refractivity contribution in [1.82, 2.24) is 0 Å². The van der Waals surface area contributed by atoms with E-state index >= 15 is 0 Å². The number of nitrogens with zero attached hydrogens (tertiary/aromatic N) is 2. The third-order valence-electron chi connectivity index (χ3n) is 11.4. The lowest BCUT2D eigenvalue weighted by Crippen LogP contribution is -2.48. The third kappa shape index (κ3) is 12.9. The molecule has 0 radical (unpaired) electrons. The van der Waals surface area contributed by atoms with Crippen molar-refractivity contribution in [1.29, 1.82) is 0 Å². The van der Waals surface area contributed by atoms with Gasteiger partial charge >= 0.3 is 0 Å². The fraction of sp³-hybridized carbons (Fsp3) is 0.400. The maximum absolute atomic E-state index is 12.4. The molecule has 2 aliphatic rings. The number of benzene rings is 3. The first-order valence-electron chi connectivity index (χ1n) is 21.8. The maximum atomic E-state index is 12.4. The number of pyridine rings is 2. The van der Waals surface area contributed by atoms with Crippen molar-refractivity contribution in [3.05, 3.63) is 168 Å². The zero-order chi connectivity index (χ0) is 42.4. The number of hydrogen-bond acceptors (Lipinski definition) is 7. The lowest BCUT2D eigenvalue weighted by atomic mass is 9.67. The van der Waals surface area contributed by atoms with E-state index < -0.39 is 7.32 Å². The molecule has 2 aliphatic carbocycles. The summed E-state index contributed by atoms with van der Waals surface area (Å²) in [6.45, 7) is 5.15. The van der Waals surface area contributed by atoms with Crippen LogP contribution in [0.25, 0.3) is 0 Å². The minimum Gasteiger partial charge on any atom is -0.871 e. The number of carbonyl (C=O) groups is 2. The first-order valence-corrected chi connectivity index (χ1v) is 21.8. The van der Waals surface area contributed by atoms with Crippen molar-refractivity contribution in [2.75, 3.05) is 19.8 Å². The molecule has 3 aromatic carbocycles. The Kier molecular flexibility index (Phi) is 19.0. The Labute approximate surface area is 357 Å². The Hall–Kier alpha value is -5.16. The Morgan fingerprint density at radius 3 is 1.28 bits per heavy atom. The summed E-state index contributed by atoms with van der Waals surface area (Å²) < 4.78 is 7.95. The van der Waals surface area contributed by atoms with Gasteiger partial charge in [-0.1, -0.05) is 130 Å². The van der Waals surface area contributed by atoms with Crippen LogP contribution in [0.1, 0.15) is 129 Å². The fourth-order valence-corrected chi connectivity index (χ4v) is 8.51. The summed E-state index contributed by atoms with van der Waals surface area (Å²) in [5.41, 5.74) is 4.53. The maximum Gasteiger partial charge on any atom is 0.300 e. The lowest BCUT2D eigenvalue weighted by molar-refractivity contribution is -0.892. The average Bonchev–Trinajstić information content (AvgIpc) is 3.31. The molecule has 2 heterocycles. The largest absolute Gasteiger partial charge is 0.871 e. The zero-order valence-electron chi connectivity index (χ0n) is 35.4. The molecular weight excluding hydrogens is 751 g/mol. The van der Waals surface area contributed by atoms with Crippen molar-refractivity contribution < 1.29 is 43.4 Å². The second kappa shape index (κ2) is 24.8. The highest BCUT2D eigenvalue weighted by Crippen LogP contribution is 2.43. The highest BCUT2D eigenvalue weighted by atomic mass is 16.7. The van der Waals surface area contributed by atoms with Crippen molar-refractivity contribution in [3.63, 3.8) is 0 Å². The van der Waals surface area contributed by atoms with Crippen LogP contribution >= 0.6 is 0 Å². The predicted octanol–water partition coefficient (Wildman–Crippen LogP) is 6.89. The van der Waals surface area contributed by atoms with E-state index in [0.29, 0.717) is 31.0 Å². The van der Waals surface area contributed by atoms with Gasteiger partial charge in [0.05, 0.1) is 7.32 Å². The van der Waals surface area contributed by atoms with Crippen LogP contribution in [0, 0.1) is 11.8 Å². The third-order valence-corrected chi connectivity index (χ3v) is 11.4. The van der Waals surface area contributed by atoms with E-state index in [0.717, 1.165) is 32.1 Å². The van der Waals surface area contributed by atoms with Crippen molar-refractivity contribution in [2.24, 2.45) is 11.8 Å². The normalized spacial score (nSPS) is 14.4. The summed E-state index contributed by atoms with van der Waals surface area (Å²) in [5, 5.41) is 21.4. The highest BCUT2D eigenvalue weighted by molar-refractivity contribution is 6.28. The molecule has 0 aliphatic heterocycles. The van der Waals surface area contributed by atoms with Crippen LogP contribution in [0.5, 0.6) is 0 Å². The van der Waals surface area contributed by atoms with E-state index in [1.165, 1.54) is 55.2 Å². The second-order valence-electron chi connectivity index (χ2n) is 15.3. The monoisotopic (exact) mass is 812 g/mol. The van der Waals surface area contributed by atoms with Gasteiger partial charge in [-0.05, 0) is 81.2 Å². The van der Waals surface area contributed by atoms with Crippen molar-refractivity contribution >= 4 is 18.9 Å². The van der Waals surface area contributed by atoms with E-state index in [9.17, 15) is 19.6 Å². The number of hydrogen-bond donors (Lipinski definition) is 0. The Morgan fingerprint density at radius 1 is 0.567 bits per heavy atom. The van der Waals surface area contributed by atoms with Gasteiger partial charge in [0.2, 0.25) is 24.0 Å². The minimum absolute atomic E-state index is 0.159. The molecule has 2 aromatic heterocycles. The molecule has 0 saturated heterocycles. The molecule has 0 atom stereocenters. The summed E-state index contributed by atoms with van der Waals surface area (Å²) in [7, 11) is -2.23. The molecule has 2 saturated carbocycles. The van der Waals surface area contributed by atoms with Gasteiger partial charge in [0.15, 0.2) is 13.2 Å². The van der Waals surface area contributed by atoms with Crippen LogP contribution in [0.15, 0.2) is 140 Å². The Morgan fingerprint density at radius 2 is 0.933 bits per heavy atom. The lowest BCUT2D eigenvalue weighted by Gasteiger charge is -2.37. The average molecular weight is 813 g/mol. The molecule has 0 unspecified atom stereocenters. The number of aromatic nitrogens is 2. The first kappa shape index (κ1) is 45.9. The van der Waals surface area contributed by atoms with Crippen LogP contribution in [0.2, 0.25) is 0 Å². The molecule has 0 bridgehead atoms. The summed E-state index contributed by atoms with van der Waals surface area (Å²) in [6.07, 6.45) is 16.3. The fourth-order valence-electron chi connectivity index (χ4n) is 8.51. The smallest absolute Gasteiger partial charge is 0.300 e. The van der Waals surface area contributed by atoms with Crippen LogP contribution in [-0.2, 0) is 10.1 Å². The van der Waals surface area contributed by atoms with Crippen LogP contribution in [0.4, 0.5) is 0 Å². The van der Waals surface area contributed by atoms with Crippen molar-refractivity contribution in [2.45, 2.75) is 96.3 Å². The minimum atomic E-state index is -2.23. The number of carbonyl (C=O) groups excluding carboxylic acids is 2. The Bertz CT molecular complexity index is 1810. The molecular formula is C50H61BN2O7. The quantitative estimate of drug-likeness (QED) is 0.0351. The molecule has 5 aromatic rings. The standard InChI is InChI=1S/C22H21BO3.2C14H20NO2/c24-23(25)26-18-10-17-22(19-11-4-1-5-12-19,20-13-6-2-7-14-20)21-15-8-3-9-16-21;2*1-2-17-15-11-7-6-10-13(15)14(16)12-8-4-3-5-9-12/h1-9,11-16H,10,17-18H2;2*6-7,10-12H,2-5,8-9H2,1H3/q-2;2*+1. The topological polar surface area (TPSA) is 116 Å². The van der Waals surface area contributed by atoms with E-state index in [2.05, 4.69) is 36.4 Å². The first-order chi connectivity index (χ1) is 29.4. The van der Waals surface area contributed by atoms with E-state index in [1.807, 2.05) is 105 Å². The molecule has 0 N–H and O–H groups in total. The van der Waals surface area contributed by atoms with Gasteiger partial charge < -0.3 is 14.7 Å². The van der Waals surface area contributed by atoms with E-state index in [-0.39, 0.29) is 35.4 Å². The SMILES string of the molecule is CCO[n+]1ccccc1C(=O)C1CCCCC1.CCO[n+]1ccccc1C(=O)C1CCCCC1.[O-]B([O-])OCCCC(c1ccccc1)(c1ccccc1)c1ccccc1. The zero-order valence-corrected chi connectivity index (χ0v) is 35.4. The number of Topliss-reactive ketones (excluding diaryl/α,β-unsaturated/α-hetero) is 2. The second-order valence-corrected chi connectivity index (χ2v) is 15.3. The van der Waals surface area contributed by atoms with Gasteiger partial charge in [-0.2, -0.15) is 0 Å². The molecule has 0 amide bonds. The van der Waals surface area contributed by atoms with Crippen LogP contribution < -0.4 is 29.2 Å². The van der Waals surface area contributed by atoms with E-state index in [4.69, 9.17) is 14.3 Å². The molecule has 0 spiro atoms. The molecule has 7 rings (SSSR count). The highest BCUT2D eigenvalue weighted by Gasteiger charge is 2.36. The number of rotatable bonds is 16. The Balaban J connectivity index is 0.000000177. The summed E-state index contributed by atoms with van der Waals surface area (Å²) in [6, 6.07) is 42.3. The number of ketones is 2. The van der Waals surface area contributed by atoms with Gasteiger partial charge in [0.25, 0.3) is 11.4 Å². The molecule has 316 valence electrons. The van der Waals surface area contributed by atoms with Gasteiger partial charge in [0.1, 0.15) is 0 Å². The molecule has 10 heteroatoms. The predicted molar refractivity (Wildman–Crippen MR) is 229 cm³/mol. The van der Waals surface area contributed by atoms with E-state index in [1.54, 1.807) is 21.9 Å². The molecule has 9 nitrogen and oxygen atoms in total. The van der Waals surface area contributed by atoms with Crippen LogP contribution in [-0.4, -0.2) is 38.7 Å². The van der Waals surface area contributed by atoms with Crippen LogP contribution in [0.3, 0.4) is 0 Å². The molecule has 60 heavy (non-hydrogen) atoms. The summed E-state index contributed by atoms with van der Waals surface area (Å²) >= 11 is 0. The summed E-state index contributed by atoms with van der Waals surface area (Å²) in [4.78, 5) is 35.7.